The predicted molar refractivity (Wildman–Crippen MR) is 77.7 cm³/mol. The lowest BCUT2D eigenvalue weighted by Gasteiger charge is -2.36. The highest BCUT2D eigenvalue weighted by molar-refractivity contribution is 7.89. The summed E-state index contributed by atoms with van der Waals surface area (Å²) >= 11 is 0. The minimum atomic E-state index is -3.53. The number of aryl methyl sites for hydroxylation is 1. The molecule has 2 N–H and O–H groups in total. The average molecular weight is 301 g/mol. The van der Waals surface area contributed by atoms with Gasteiger partial charge in [-0.2, -0.15) is 9.40 Å². The van der Waals surface area contributed by atoms with Crippen molar-refractivity contribution in [3.8, 4) is 0 Å². The van der Waals surface area contributed by atoms with Crippen molar-refractivity contribution in [2.75, 3.05) is 31.9 Å². The summed E-state index contributed by atoms with van der Waals surface area (Å²) in [7, 11) is -1.87. The van der Waals surface area contributed by atoms with E-state index in [-0.39, 0.29) is 10.7 Å². The number of anilines is 1. The van der Waals surface area contributed by atoms with Crippen molar-refractivity contribution in [3.63, 3.8) is 0 Å². The first-order valence-electron chi connectivity index (χ1n) is 6.89. The van der Waals surface area contributed by atoms with E-state index in [0.717, 1.165) is 19.5 Å². The van der Waals surface area contributed by atoms with E-state index < -0.39 is 10.0 Å². The van der Waals surface area contributed by atoms with E-state index in [9.17, 15) is 8.42 Å². The Labute approximate surface area is 120 Å². The molecule has 0 aliphatic carbocycles. The lowest BCUT2D eigenvalue weighted by Crippen LogP contribution is -2.51. The number of aromatic nitrogens is 2. The van der Waals surface area contributed by atoms with Gasteiger partial charge in [0.25, 0.3) is 0 Å². The molecule has 114 valence electrons. The molecule has 7 nitrogen and oxygen atoms in total. The zero-order valence-electron chi connectivity index (χ0n) is 12.3. The van der Waals surface area contributed by atoms with Gasteiger partial charge in [-0.3, -0.25) is 9.58 Å². The highest BCUT2D eigenvalue weighted by atomic mass is 32.2. The van der Waals surface area contributed by atoms with Crippen molar-refractivity contribution in [2.24, 2.45) is 7.05 Å². The second-order valence-corrected chi connectivity index (χ2v) is 7.16. The molecule has 1 fully saturated rings. The number of nitrogen functional groups attached to an aromatic ring is 1. The van der Waals surface area contributed by atoms with Gasteiger partial charge in [0.1, 0.15) is 4.90 Å². The Morgan fingerprint density at radius 1 is 1.35 bits per heavy atom. The summed E-state index contributed by atoms with van der Waals surface area (Å²) in [4.78, 5) is 2.43. The first kappa shape index (κ1) is 15.3. The van der Waals surface area contributed by atoms with Crippen LogP contribution in [0.4, 0.5) is 5.82 Å². The van der Waals surface area contributed by atoms with Gasteiger partial charge < -0.3 is 5.73 Å². The van der Waals surface area contributed by atoms with Crippen molar-refractivity contribution in [1.82, 2.24) is 19.0 Å². The predicted octanol–water partition coefficient (Wildman–Crippen LogP) is 0.107. The van der Waals surface area contributed by atoms with Gasteiger partial charge >= 0.3 is 0 Å². The molecule has 0 aromatic carbocycles. The lowest BCUT2D eigenvalue weighted by molar-refractivity contribution is 0.142. The summed E-state index contributed by atoms with van der Waals surface area (Å²) in [6, 6.07) is 0.489. The van der Waals surface area contributed by atoms with Crippen LogP contribution in [0.1, 0.15) is 20.3 Å². The number of hydrogen-bond donors (Lipinski definition) is 1. The Bertz CT molecular complexity index is 560. The summed E-state index contributed by atoms with van der Waals surface area (Å²) in [5.74, 6) is 0.0665. The molecule has 1 saturated heterocycles. The fourth-order valence-corrected chi connectivity index (χ4v) is 3.98. The molecule has 0 saturated carbocycles. The highest BCUT2D eigenvalue weighted by Gasteiger charge is 2.32. The van der Waals surface area contributed by atoms with E-state index in [0.29, 0.717) is 19.1 Å². The maximum Gasteiger partial charge on any atom is 0.248 e. The van der Waals surface area contributed by atoms with Gasteiger partial charge in [0.05, 0.1) is 0 Å². The second-order valence-electron chi connectivity index (χ2n) is 5.25. The van der Waals surface area contributed by atoms with Crippen molar-refractivity contribution < 1.29 is 8.42 Å². The van der Waals surface area contributed by atoms with Gasteiger partial charge in [0, 0.05) is 45.5 Å². The van der Waals surface area contributed by atoms with Gasteiger partial charge in [-0.15, -0.1) is 0 Å². The Hall–Kier alpha value is -1.12. The zero-order valence-corrected chi connectivity index (χ0v) is 13.1. The molecule has 0 amide bonds. The molecule has 0 spiro atoms. The molecule has 1 aliphatic heterocycles. The molecular weight excluding hydrogens is 278 g/mol. The van der Waals surface area contributed by atoms with Crippen LogP contribution in [-0.2, 0) is 17.1 Å². The monoisotopic (exact) mass is 301 g/mol. The Balaban J connectivity index is 2.12. The van der Waals surface area contributed by atoms with E-state index in [1.165, 1.54) is 15.2 Å². The molecule has 0 bridgehead atoms. The average Bonchev–Trinajstić information content (AvgIpc) is 2.77. The summed E-state index contributed by atoms with van der Waals surface area (Å²) in [6.45, 7) is 6.83. The third kappa shape index (κ3) is 2.82. The summed E-state index contributed by atoms with van der Waals surface area (Å²) in [6.07, 6.45) is 2.54. The molecule has 20 heavy (non-hydrogen) atoms. The zero-order chi connectivity index (χ0) is 14.9. The van der Waals surface area contributed by atoms with Gasteiger partial charge in [0.15, 0.2) is 5.82 Å². The summed E-state index contributed by atoms with van der Waals surface area (Å²) < 4.78 is 28.0. The molecule has 1 aliphatic rings. The van der Waals surface area contributed by atoms with E-state index in [2.05, 4.69) is 23.8 Å². The molecule has 2 rings (SSSR count). The van der Waals surface area contributed by atoms with Crippen LogP contribution in [0.5, 0.6) is 0 Å². The first-order chi connectivity index (χ1) is 9.36. The largest absolute Gasteiger partial charge is 0.381 e. The van der Waals surface area contributed by atoms with Crippen molar-refractivity contribution in [1.29, 1.82) is 0 Å². The van der Waals surface area contributed by atoms with Crippen LogP contribution in [0.2, 0.25) is 0 Å². The van der Waals surface area contributed by atoms with Crippen LogP contribution in [-0.4, -0.2) is 59.6 Å². The Kier molecular flexibility index (Phi) is 4.36. The number of sulfonamides is 1. The van der Waals surface area contributed by atoms with Gasteiger partial charge in [-0.25, -0.2) is 8.42 Å². The van der Waals surface area contributed by atoms with E-state index in [4.69, 9.17) is 5.73 Å². The quantitative estimate of drug-likeness (QED) is 0.853. The minimum absolute atomic E-state index is 0.0665. The maximum absolute atomic E-state index is 12.5. The fraction of sp³-hybridized carbons (Fsp3) is 0.750. The first-order valence-corrected chi connectivity index (χ1v) is 8.33. The van der Waals surface area contributed by atoms with E-state index >= 15 is 0 Å². The SMILES string of the molecule is CCC(C)N1CCN(S(=O)(=O)c2cn(C)nc2N)CC1. The van der Waals surface area contributed by atoms with Crippen LogP contribution in [0.15, 0.2) is 11.1 Å². The number of rotatable bonds is 4. The normalized spacial score (nSPS) is 20.1. The molecule has 1 aromatic rings. The highest BCUT2D eigenvalue weighted by Crippen LogP contribution is 2.22. The van der Waals surface area contributed by atoms with Gasteiger partial charge in [-0.05, 0) is 13.3 Å². The lowest BCUT2D eigenvalue weighted by atomic mass is 10.2. The van der Waals surface area contributed by atoms with Crippen molar-refractivity contribution in [2.45, 2.75) is 31.2 Å². The molecule has 1 atom stereocenters. The number of nitrogens with two attached hydrogens (primary N) is 1. The van der Waals surface area contributed by atoms with Crippen molar-refractivity contribution in [3.05, 3.63) is 6.20 Å². The number of nitrogens with zero attached hydrogens (tertiary/aromatic N) is 4. The number of piperazine rings is 1. The summed E-state index contributed by atoms with van der Waals surface area (Å²) in [5, 5.41) is 3.91. The van der Waals surface area contributed by atoms with Crippen LogP contribution in [0.3, 0.4) is 0 Å². The standard InChI is InChI=1S/C12H23N5O2S/c1-4-10(2)16-5-7-17(8-6-16)20(18,19)11-9-15(3)14-12(11)13/h9-10H,4-8H2,1-3H3,(H2,13,14). The van der Waals surface area contributed by atoms with Crippen molar-refractivity contribution >= 4 is 15.8 Å². The second kappa shape index (κ2) is 5.71. The smallest absolute Gasteiger partial charge is 0.248 e. The van der Waals surface area contributed by atoms with E-state index in [1.807, 2.05) is 0 Å². The third-order valence-electron chi connectivity index (χ3n) is 3.93. The molecular formula is C12H23N5O2S. The van der Waals surface area contributed by atoms with Crippen LogP contribution in [0, 0.1) is 0 Å². The van der Waals surface area contributed by atoms with Crippen LogP contribution in [0.25, 0.3) is 0 Å². The Morgan fingerprint density at radius 3 is 2.40 bits per heavy atom. The molecule has 1 aromatic heterocycles. The van der Waals surface area contributed by atoms with Gasteiger partial charge in [0.2, 0.25) is 10.0 Å². The third-order valence-corrected chi connectivity index (χ3v) is 5.84. The van der Waals surface area contributed by atoms with Crippen LogP contribution < -0.4 is 5.73 Å². The van der Waals surface area contributed by atoms with Crippen LogP contribution >= 0.6 is 0 Å². The Morgan fingerprint density at radius 2 is 1.95 bits per heavy atom. The maximum atomic E-state index is 12.5. The minimum Gasteiger partial charge on any atom is -0.381 e. The molecule has 2 heterocycles. The van der Waals surface area contributed by atoms with E-state index in [1.54, 1.807) is 7.05 Å². The fourth-order valence-electron chi connectivity index (χ4n) is 2.46. The molecule has 0 radical (unpaired) electrons. The number of hydrogen-bond acceptors (Lipinski definition) is 5. The van der Waals surface area contributed by atoms with Gasteiger partial charge in [-0.1, -0.05) is 6.92 Å². The summed E-state index contributed by atoms with van der Waals surface area (Å²) in [5.41, 5.74) is 5.68. The molecule has 8 heteroatoms. The molecule has 1 unspecified atom stereocenters. The topological polar surface area (TPSA) is 84.5 Å².